The summed E-state index contributed by atoms with van der Waals surface area (Å²) in [6.45, 7) is 3.56. The lowest BCUT2D eigenvalue weighted by atomic mass is 10.2. The second-order valence-corrected chi connectivity index (χ2v) is 5.85. The van der Waals surface area contributed by atoms with E-state index in [1.807, 2.05) is 13.0 Å². The van der Waals surface area contributed by atoms with Crippen LogP contribution in [-0.2, 0) is 13.0 Å². The van der Waals surface area contributed by atoms with Crippen LogP contribution in [0.1, 0.15) is 43.3 Å². The van der Waals surface area contributed by atoms with E-state index in [2.05, 4.69) is 25.0 Å². The van der Waals surface area contributed by atoms with Crippen LogP contribution in [0.15, 0.2) is 22.7 Å². The number of hydrogen-bond donors (Lipinski definition) is 1. The number of para-hydroxylation sites is 1. The lowest BCUT2D eigenvalue weighted by Gasteiger charge is -2.20. The van der Waals surface area contributed by atoms with Gasteiger partial charge in [0, 0.05) is 6.42 Å². The number of halogens is 1. The number of imidazole rings is 1. The Kier molecular flexibility index (Phi) is 3.57. The zero-order valence-electron chi connectivity index (χ0n) is 12.9. The molecule has 1 aromatic carbocycles. The van der Waals surface area contributed by atoms with Gasteiger partial charge in [-0.25, -0.2) is 9.37 Å². The lowest BCUT2D eigenvalue weighted by Crippen LogP contribution is -2.24. The van der Waals surface area contributed by atoms with Crippen LogP contribution in [0.2, 0.25) is 0 Å². The predicted molar refractivity (Wildman–Crippen MR) is 82.1 cm³/mol. The molecule has 1 aliphatic rings. The first-order chi connectivity index (χ1) is 11.2. The second kappa shape index (κ2) is 5.73. The first-order valence-corrected chi connectivity index (χ1v) is 7.94. The largest absolute Gasteiger partial charge is 0.341 e. The van der Waals surface area contributed by atoms with Crippen molar-refractivity contribution in [3.05, 3.63) is 41.6 Å². The minimum atomic E-state index is -0.297. The molecule has 1 atom stereocenters. The van der Waals surface area contributed by atoms with E-state index < -0.39 is 0 Å². The number of benzene rings is 1. The molecule has 1 aliphatic heterocycles. The van der Waals surface area contributed by atoms with Gasteiger partial charge in [-0.05, 0) is 31.5 Å². The van der Waals surface area contributed by atoms with Crippen LogP contribution in [0.5, 0.6) is 0 Å². The van der Waals surface area contributed by atoms with E-state index in [-0.39, 0.29) is 11.9 Å². The molecular weight excluding hydrogens is 297 g/mol. The SMILES string of the molecule is CCc1nc([C@@H]2CCCN2Cc2nc3c(F)cccc3[nH]2)no1. The molecule has 0 bridgehead atoms. The first kappa shape index (κ1) is 14.3. The molecule has 2 aromatic heterocycles. The third-order valence-electron chi connectivity index (χ3n) is 4.31. The highest BCUT2D eigenvalue weighted by molar-refractivity contribution is 5.75. The fourth-order valence-corrected chi connectivity index (χ4v) is 3.17. The molecule has 4 rings (SSSR count). The monoisotopic (exact) mass is 315 g/mol. The van der Waals surface area contributed by atoms with Crippen LogP contribution in [0.4, 0.5) is 4.39 Å². The van der Waals surface area contributed by atoms with Crippen LogP contribution >= 0.6 is 0 Å². The molecule has 0 aliphatic carbocycles. The molecule has 0 saturated carbocycles. The van der Waals surface area contributed by atoms with E-state index in [1.54, 1.807) is 6.07 Å². The number of fused-ring (bicyclic) bond motifs is 1. The van der Waals surface area contributed by atoms with E-state index in [9.17, 15) is 4.39 Å². The number of aryl methyl sites for hydroxylation is 1. The molecule has 0 radical (unpaired) electrons. The molecule has 0 unspecified atom stereocenters. The summed E-state index contributed by atoms with van der Waals surface area (Å²) >= 11 is 0. The zero-order valence-corrected chi connectivity index (χ0v) is 12.9. The minimum Gasteiger partial charge on any atom is -0.341 e. The zero-order chi connectivity index (χ0) is 15.8. The standard InChI is InChI=1S/C16H18FN5O/c1-2-14-20-16(21-23-14)12-7-4-8-22(12)9-13-18-11-6-3-5-10(17)15(11)19-13/h3,5-6,12H,2,4,7-9H2,1H3,(H,18,19)/t12-/m0/s1. The molecule has 3 aromatic rings. The third kappa shape index (κ3) is 2.61. The van der Waals surface area contributed by atoms with E-state index in [1.165, 1.54) is 6.07 Å². The van der Waals surface area contributed by atoms with Crippen molar-refractivity contribution in [1.29, 1.82) is 0 Å². The fourth-order valence-electron chi connectivity index (χ4n) is 3.17. The summed E-state index contributed by atoms with van der Waals surface area (Å²) in [6.07, 6.45) is 2.81. The predicted octanol–water partition coefficient (Wildman–Crippen LogP) is 2.98. The number of aromatic amines is 1. The Hall–Kier alpha value is -2.28. The molecule has 1 saturated heterocycles. The maximum atomic E-state index is 13.8. The van der Waals surface area contributed by atoms with Gasteiger partial charge in [-0.2, -0.15) is 4.98 Å². The maximum absolute atomic E-state index is 13.8. The highest BCUT2D eigenvalue weighted by atomic mass is 19.1. The highest BCUT2D eigenvalue weighted by Gasteiger charge is 2.30. The number of H-pyrrole nitrogens is 1. The normalized spacial score (nSPS) is 19.0. The lowest BCUT2D eigenvalue weighted by molar-refractivity contribution is 0.229. The van der Waals surface area contributed by atoms with Gasteiger partial charge in [-0.3, -0.25) is 4.90 Å². The fraction of sp³-hybridized carbons (Fsp3) is 0.438. The van der Waals surface area contributed by atoms with Gasteiger partial charge >= 0.3 is 0 Å². The van der Waals surface area contributed by atoms with Gasteiger partial charge in [0.2, 0.25) is 5.89 Å². The number of likely N-dealkylation sites (tertiary alicyclic amines) is 1. The number of rotatable bonds is 4. The smallest absolute Gasteiger partial charge is 0.226 e. The van der Waals surface area contributed by atoms with Gasteiger partial charge in [-0.1, -0.05) is 18.1 Å². The van der Waals surface area contributed by atoms with Crippen LogP contribution in [-0.4, -0.2) is 31.6 Å². The van der Waals surface area contributed by atoms with E-state index in [4.69, 9.17) is 4.52 Å². The third-order valence-corrected chi connectivity index (χ3v) is 4.31. The number of nitrogens with zero attached hydrogens (tertiary/aromatic N) is 4. The van der Waals surface area contributed by atoms with E-state index in [0.717, 1.165) is 43.0 Å². The summed E-state index contributed by atoms with van der Waals surface area (Å²) in [5.41, 5.74) is 1.12. The molecule has 7 heteroatoms. The van der Waals surface area contributed by atoms with Crippen molar-refractivity contribution in [1.82, 2.24) is 25.0 Å². The van der Waals surface area contributed by atoms with E-state index in [0.29, 0.717) is 18.0 Å². The van der Waals surface area contributed by atoms with Crippen molar-refractivity contribution >= 4 is 11.0 Å². The first-order valence-electron chi connectivity index (χ1n) is 7.94. The minimum absolute atomic E-state index is 0.136. The molecule has 0 amide bonds. The van der Waals surface area contributed by atoms with Crippen LogP contribution < -0.4 is 0 Å². The second-order valence-electron chi connectivity index (χ2n) is 5.85. The Labute approximate surface area is 132 Å². The van der Waals surface area contributed by atoms with Crippen LogP contribution in [0.25, 0.3) is 11.0 Å². The summed E-state index contributed by atoms with van der Waals surface area (Å²) in [5, 5.41) is 4.10. The Morgan fingerprint density at radius 3 is 3.09 bits per heavy atom. The Bertz CT molecular complexity index is 827. The van der Waals surface area contributed by atoms with Gasteiger partial charge in [0.15, 0.2) is 11.6 Å². The summed E-state index contributed by atoms with van der Waals surface area (Å²) in [6, 6.07) is 5.08. The van der Waals surface area contributed by atoms with Crippen molar-refractivity contribution < 1.29 is 8.91 Å². The van der Waals surface area contributed by atoms with Crippen molar-refractivity contribution in [2.75, 3.05) is 6.54 Å². The van der Waals surface area contributed by atoms with Crippen molar-refractivity contribution in [3.63, 3.8) is 0 Å². The number of nitrogens with one attached hydrogen (secondary N) is 1. The van der Waals surface area contributed by atoms with Crippen molar-refractivity contribution in [2.45, 2.75) is 38.8 Å². The summed E-state index contributed by atoms with van der Waals surface area (Å²) in [7, 11) is 0. The van der Waals surface area contributed by atoms with Gasteiger partial charge in [0.1, 0.15) is 11.3 Å². The molecule has 6 nitrogen and oxygen atoms in total. The Morgan fingerprint density at radius 2 is 2.30 bits per heavy atom. The van der Waals surface area contributed by atoms with Crippen molar-refractivity contribution in [2.24, 2.45) is 0 Å². The molecular formula is C16H18FN5O. The summed E-state index contributed by atoms with van der Waals surface area (Å²) in [4.78, 5) is 14.3. The number of hydrogen-bond acceptors (Lipinski definition) is 5. The number of aromatic nitrogens is 4. The Morgan fingerprint density at radius 1 is 1.39 bits per heavy atom. The molecule has 1 fully saturated rings. The van der Waals surface area contributed by atoms with Gasteiger partial charge < -0.3 is 9.51 Å². The maximum Gasteiger partial charge on any atom is 0.226 e. The van der Waals surface area contributed by atoms with Gasteiger partial charge in [-0.15, -0.1) is 0 Å². The Balaban J connectivity index is 1.57. The van der Waals surface area contributed by atoms with Gasteiger partial charge in [0.25, 0.3) is 0 Å². The van der Waals surface area contributed by atoms with E-state index >= 15 is 0 Å². The van der Waals surface area contributed by atoms with Crippen molar-refractivity contribution in [3.8, 4) is 0 Å². The molecule has 1 N–H and O–H groups in total. The van der Waals surface area contributed by atoms with Crippen LogP contribution in [0.3, 0.4) is 0 Å². The van der Waals surface area contributed by atoms with Crippen LogP contribution in [0, 0.1) is 5.82 Å². The average molecular weight is 315 g/mol. The molecule has 0 spiro atoms. The molecule has 3 heterocycles. The molecule has 120 valence electrons. The topological polar surface area (TPSA) is 70.8 Å². The average Bonchev–Trinajstić information content (AvgIpc) is 3.25. The summed E-state index contributed by atoms with van der Waals surface area (Å²) < 4.78 is 19.0. The highest BCUT2D eigenvalue weighted by Crippen LogP contribution is 2.31. The molecule has 23 heavy (non-hydrogen) atoms. The quantitative estimate of drug-likeness (QED) is 0.801. The van der Waals surface area contributed by atoms with Gasteiger partial charge in [0.05, 0.1) is 18.1 Å². The summed E-state index contributed by atoms with van der Waals surface area (Å²) in [5.74, 6) is 1.87.